The van der Waals surface area contributed by atoms with E-state index in [0.29, 0.717) is 0 Å². The quantitative estimate of drug-likeness (QED) is 0.781. The van der Waals surface area contributed by atoms with Gasteiger partial charge in [0.15, 0.2) is 0 Å². The summed E-state index contributed by atoms with van der Waals surface area (Å²) in [4.78, 5) is 3.98. The maximum atomic E-state index is 10.7. The molecule has 1 aliphatic rings. The van der Waals surface area contributed by atoms with Crippen LogP contribution in [0.1, 0.15) is 50.6 Å². The Kier molecular flexibility index (Phi) is 4.40. The van der Waals surface area contributed by atoms with Crippen LogP contribution in [-0.4, -0.2) is 36.6 Å². The summed E-state index contributed by atoms with van der Waals surface area (Å²) in [6.07, 6.45) is 2.76. The molecule has 5 nitrogen and oxygen atoms in total. The Morgan fingerprint density at radius 1 is 0.880 bits per heavy atom. The van der Waals surface area contributed by atoms with Crippen LogP contribution in [0.15, 0.2) is 48.8 Å². The van der Waals surface area contributed by atoms with Crippen molar-refractivity contribution in [2.75, 3.05) is 0 Å². The van der Waals surface area contributed by atoms with Gasteiger partial charge in [0.1, 0.15) is 6.17 Å². The molecule has 0 unspecified atom stereocenters. The standard InChI is InChI=1S/C20H23N3O2/c1-19(2)20(3,4)23(25)18(22(19)24)17-7-5-6-16(14-17)9-8-15-10-12-21-13-11-15/h5-7,10-14,18,24-25H,1-4H3. The van der Waals surface area contributed by atoms with Crippen LogP contribution in [0.4, 0.5) is 0 Å². The molecule has 3 rings (SSSR count). The number of rotatable bonds is 1. The maximum absolute atomic E-state index is 10.7. The van der Waals surface area contributed by atoms with Crippen LogP contribution in [0.3, 0.4) is 0 Å². The third kappa shape index (κ3) is 2.94. The predicted molar refractivity (Wildman–Crippen MR) is 94.8 cm³/mol. The lowest BCUT2D eigenvalue weighted by Gasteiger charge is -2.37. The van der Waals surface area contributed by atoms with Crippen LogP contribution >= 0.6 is 0 Å². The molecular weight excluding hydrogens is 314 g/mol. The summed E-state index contributed by atoms with van der Waals surface area (Å²) < 4.78 is 0. The SMILES string of the molecule is CC1(C)N(O)C(c2cccc(C#Cc3ccncc3)c2)N(O)C1(C)C. The topological polar surface area (TPSA) is 59.8 Å². The Morgan fingerprint density at radius 3 is 2.04 bits per heavy atom. The van der Waals surface area contributed by atoms with E-state index in [4.69, 9.17) is 0 Å². The summed E-state index contributed by atoms with van der Waals surface area (Å²) in [5, 5.41) is 23.7. The first-order chi connectivity index (χ1) is 11.7. The predicted octanol–water partition coefficient (Wildman–Crippen LogP) is 3.43. The molecule has 0 spiro atoms. The molecule has 25 heavy (non-hydrogen) atoms. The molecule has 2 aromatic rings. The van der Waals surface area contributed by atoms with Gasteiger partial charge < -0.3 is 10.4 Å². The lowest BCUT2D eigenvalue weighted by atomic mass is 9.84. The fraction of sp³-hybridized carbons (Fsp3) is 0.350. The number of pyridine rings is 1. The highest BCUT2D eigenvalue weighted by atomic mass is 16.6. The first kappa shape index (κ1) is 17.6. The van der Waals surface area contributed by atoms with Gasteiger partial charge in [-0.25, -0.2) is 0 Å². The number of hydroxylamine groups is 4. The summed E-state index contributed by atoms with van der Waals surface area (Å²) >= 11 is 0. The molecule has 0 saturated carbocycles. The summed E-state index contributed by atoms with van der Waals surface area (Å²) in [5.74, 6) is 6.21. The van der Waals surface area contributed by atoms with Gasteiger partial charge in [0.2, 0.25) is 0 Å². The second kappa shape index (κ2) is 6.25. The van der Waals surface area contributed by atoms with E-state index in [1.54, 1.807) is 12.4 Å². The summed E-state index contributed by atoms with van der Waals surface area (Å²) in [6, 6.07) is 11.3. The Bertz CT molecular complexity index is 802. The van der Waals surface area contributed by atoms with Gasteiger partial charge in [-0.05, 0) is 57.5 Å². The Hall–Kier alpha value is -2.23. The van der Waals surface area contributed by atoms with E-state index in [1.807, 2.05) is 64.1 Å². The highest BCUT2D eigenvalue weighted by molar-refractivity contribution is 5.44. The zero-order valence-electron chi connectivity index (χ0n) is 14.9. The Morgan fingerprint density at radius 2 is 1.44 bits per heavy atom. The molecule has 1 aromatic heterocycles. The zero-order valence-corrected chi connectivity index (χ0v) is 14.9. The van der Waals surface area contributed by atoms with Crippen molar-refractivity contribution in [1.29, 1.82) is 0 Å². The maximum Gasteiger partial charge on any atom is 0.136 e. The third-order valence-electron chi connectivity index (χ3n) is 5.32. The van der Waals surface area contributed by atoms with E-state index in [0.717, 1.165) is 16.7 Å². The summed E-state index contributed by atoms with van der Waals surface area (Å²) in [7, 11) is 0. The number of nitrogens with zero attached hydrogens (tertiary/aromatic N) is 3. The van der Waals surface area contributed by atoms with Crippen LogP contribution in [0, 0.1) is 11.8 Å². The van der Waals surface area contributed by atoms with E-state index in [9.17, 15) is 10.4 Å². The van der Waals surface area contributed by atoms with Gasteiger partial charge in [-0.3, -0.25) is 4.98 Å². The minimum absolute atomic E-state index is 0.620. The van der Waals surface area contributed by atoms with Crippen molar-refractivity contribution in [2.24, 2.45) is 0 Å². The average Bonchev–Trinajstić information content (AvgIpc) is 2.72. The minimum atomic E-state index is -0.646. The number of hydrogen-bond donors (Lipinski definition) is 2. The smallest absolute Gasteiger partial charge is 0.136 e. The largest absolute Gasteiger partial charge is 0.311 e. The van der Waals surface area contributed by atoms with Gasteiger partial charge in [0.05, 0.1) is 11.1 Å². The third-order valence-corrected chi connectivity index (χ3v) is 5.32. The van der Waals surface area contributed by atoms with E-state index in [2.05, 4.69) is 16.8 Å². The van der Waals surface area contributed by atoms with Gasteiger partial charge in [-0.2, -0.15) is 10.1 Å². The van der Waals surface area contributed by atoms with Crippen LogP contribution in [0.2, 0.25) is 0 Å². The molecule has 0 amide bonds. The van der Waals surface area contributed by atoms with Crippen molar-refractivity contribution in [1.82, 2.24) is 15.1 Å². The molecule has 1 saturated heterocycles. The highest BCUT2D eigenvalue weighted by Gasteiger charge is 2.58. The van der Waals surface area contributed by atoms with E-state index in [1.165, 1.54) is 10.1 Å². The molecule has 0 aliphatic carbocycles. The summed E-state index contributed by atoms with van der Waals surface area (Å²) in [6.45, 7) is 7.62. The van der Waals surface area contributed by atoms with Gasteiger partial charge in [0, 0.05) is 23.5 Å². The first-order valence-corrected chi connectivity index (χ1v) is 8.23. The van der Waals surface area contributed by atoms with Crippen LogP contribution in [-0.2, 0) is 0 Å². The fourth-order valence-electron chi connectivity index (χ4n) is 2.91. The molecule has 5 heteroatoms. The second-order valence-corrected chi connectivity index (χ2v) is 7.29. The normalized spacial score (nSPS) is 20.2. The molecule has 1 aromatic carbocycles. The van der Waals surface area contributed by atoms with Gasteiger partial charge in [0.25, 0.3) is 0 Å². The molecular formula is C20H23N3O2. The van der Waals surface area contributed by atoms with Crippen molar-refractivity contribution >= 4 is 0 Å². The van der Waals surface area contributed by atoms with Gasteiger partial charge >= 0.3 is 0 Å². The van der Waals surface area contributed by atoms with Crippen molar-refractivity contribution in [3.63, 3.8) is 0 Å². The van der Waals surface area contributed by atoms with E-state index in [-0.39, 0.29) is 0 Å². The molecule has 0 bridgehead atoms. The average molecular weight is 337 g/mol. The molecule has 0 radical (unpaired) electrons. The number of hydrogen-bond acceptors (Lipinski definition) is 5. The van der Waals surface area contributed by atoms with Crippen LogP contribution in [0.25, 0.3) is 0 Å². The molecule has 2 heterocycles. The molecule has 130 valence electrons. The molecule has 1 aliphatic heterocycles. The minimum Gasteiger partial charge on any atom is -0.311 e. The lowest BCUT2D eigenvalue weighted by Crippen LogP contribution is -2.52. The van der Waals surface area contributed by atoms with Crippen LogP contribution < -0.4 is 0 Å². The number of aromatic nitrogens is 1. The molecule has 1 fully saturated rings. The highest BCUT2D eigenvalue weighted by Crippen LogP contribution is 2.47. The second-order valence-electron chi connectivity index (χ2n) is 7.29. The molecule has 2 N–H and O–H groups in total. The Balaban J connectivity index is 1.94. The lowest BCUT2D eigenvalue weighted by molar-refractivity contribution is -0.223. The van der Waals surface area contributed by atoms with Crippen molar-refractivity contribution in [2.45, 2.75) is 44.9 Å². The van der Waals surface area contributed by atoms with Gasteiger partial charge in [-0.15, -0.1) is 0 Å². The van der Waals surface area contributed by atoms with Crippen molar-refractivity contribution < 1.29 is 10.4 Å². The monoisotopic (exact) mass is 337 g/mol. The van der Waals surface area contributed by atoms with E-state index >= 15 is 0 Å². The van der Waals surface area contributed by atoms with Crippen molar-refractivity contribution in [3.05, 3.63) is 65.5 Å². The summed E-state index contributed by atoms with van der Waals surface area (Å²) in [5.41, 5.74) is 1.25. The Labute approximate surface area is 148 Å². The number of benzene rings is 1. The van der Waals surface area contributed by atoms with E-state index < -0.39 is 17.2 Å². The zero-order chi connectivity index (χ0) is 18.2. The molecule has 0 atom stereocenters. The fourth-order valence-corrected chi connectivity index (χ4v) is 2.91. The van der Waals surface area contributed by atoms with Crippen molar-refractivity contribution in [3.8, 4) is 11.8 Å². The van der Waals surface area contributed by atoms with Gasteiger partial charge in [-0.1, -0.05) is 24.0 Å². The first-order valence-electron chi connectivity index (χ1n) is 8.23. The van der Waals surface area contributed by atoms with Crippen LogP contribution in [0.5, 0.6) is 0 Å².